The maximum absolute atomic E-state index is 12.2. The lowest BCUT2D eigenvalue weighted by molar-refractivity contribution is -0.128. The normalized spacial score (nSPS) is 17.5. The average molecular weight is 311 g/mol. The van der Waals surface area contributed by atoms with Crippen molar-refractivity contribution in [3.05, 3.63) is 48.0 Å². The lowest BCUT2D eigenvalue weighted by Gasteiger charge is -2.18. The Bertz CT molecular complexity index is 724. The molecular weight excluding hydrogens is 290 g/mol. The molecule has 1 fully saturated rings. The first-order valence-corrected chi connectivity index (χ1v) is 7.96. The fourth-order valence-corrected chi connectivity index (χ4v) is 3.05. The van der Waals surface area contributed by atoms with E-state index in [2.05, 4.69) is 34.9 Å². The van der Waals surface area contributed by atoms with Crippen LogP contribution in [0.25, 0.3) is 10.8 Å². The van der Waals surface area contributed by atoms with Gasteiger partial charge in [-0.15, -0.1) is 0 Å². The van der Waals surface area contributed by atoms with Crippen LogP contribution in [0.1, 0.15) is 18.9 Å². The van der Waals surface area contributed by atoms with Crippen LogP contribution in [-0.4, -0.2) is 36.0 Å². The number of likely N-dealkylation sites (tertiary alicyclic amines) is 1. The number of hydrogen-bond donors (Lipinski definition) is 2. The van der Waals surface area contributed by atoms with Crippen LogP contribution in [0.2, 0.25) is 0 Å². The fraction of sp³-hybridized carbons (Fsp3) is 0.333. The van der Waals surface area contributed by atoms with Crippen LogP contribution in [0.4, 0.5) is 4.79 Å². The highest BCUT2D eigenvalue weighted by molar-refractivity contribution is 5.87. The quantitative estimate of drug-likeness (QED) is 0.910. The number of carbonyl (C=O) groups is 2. The Morgan fingerprint density at radius 1 is 1.22 bits per heavy atom. The predicted octanol–water partition coefficient (Wildman–Crippen LogP) is 2.26. The summed E-state index contributed by atoms with van der Waals surface area (Å²) >= 11 is 0. The average Bonchev–Trinajstić information content (AvgIpc) is 2.87. The molecule has 0 unspecified atom stereocenters. The van der Waals surface area contributed by atoms with E-state index in [1.54, 1.807) is 0 Å². The molecule has 1 heterocycles. The van der Waals surface area contributed by atoms with Crippen LogP contribution in [0.15, 0.2) is 42.5 Å². The van der Waals surface area contributed by atoms with Crippen molar-refractivity contribution in [3.8, 4) is 0 Å². The molecule has 5 nitrogen and oxygen atoms in total. The van der Waals surface area contributed by atoms with E-state index in [1.807, 2.05) is 30.0 Å². The molecule has 5 heteroatoms. The first-order chi connectivity index (χ1) is 11.2. The number of carbonyl (C=O) groups excluding carboxylic acids is 2. The predicted molar refractivity (Wildman–Crippen MR) is 90.0 cm³/mol. The van der Waals surface area contributed by atoms with Crippen molar-refractivity contribution >= 4 is 22.7 Å². The zero-order valence-electron chi connectivity index (χ0n) is 13.2. The van der Waals surface area contributed by atoms with Gasteiger partial charge in [0.15, 0.2) is 0 Å². The maximum atomic E-state index is 12.2. The third kappa shape index (κ3) is 3.44. The lowest BCUT2D eigenvalue weighted by Crippen LogP contribution is -2.43. The second-order valence-corrected chi connectivity index (χ2v) is 5.82. The van der Waals surface area contributed by atoms with Gasteiger partial charge in [-0.2, -0.15) is 0 Å². The summed E-state index contributed by atoms with van der Waals surface area (Å²) in [6, 6.07) is 14.0. The van der Waals surface area contributed by atoms with E-state index in [9.17, 15) is 9.59 Å². The molecule has 3 amide bonds. The van der Waals surface area contributed by atoms with Crippen molar-refractivity contribution in [3.63, 3.8) is 0 Å². The summed E-state index contributed by atoms with van der Waals surface area (Å²) in [4.78, 5) is 25.6. The summed E-state index contributed by atoms with van der Waals surface area (Å²) in [6.45, 7) is 3.57. The number of benzene rings is 2. The lowest BCUT2D eigenvalue weighted by atomic mass is 10.0. The van der Waals surface area contributed by atoms with Crippen LogP contribution in [0.5, 0.6) is 0 Å². The van der Waals surface area contributed by atoms with Gasteiger partial charge in [0.2, 0.25) is 5.91 Å². The molecule has 1 saturated heterocycles. The molecule has 3 rings (SSSR count). The van der Waals surface area contributed by atoms with Crippen LogP contribution in [0, 0.1) is 0 Å². The van der Waals surface area contributed by atoms with E-state index >= 15 is 0 Å². The smallest absolute Gasteiger partial charge is 0.315 e. The monoisotopic (exact) mass is 311 g/mol. The number of rotatable bonds is 4. The highest BCUT2D eigenvalue weighted by atomic mass is 16.2. The van der Waals surface area contributed by atoms with Crippen molar-refractivity contribution in [2.45, 2.75) is 25.9 Å². The summed E-state index contributed by atoms with van der Waals surface area (Å²) in [7, 11) is 0. The zero-order chi connectivity index (χ0) is 16.2. The number of urea groups is 1. The highest BCUT2D eigenvalue weighted by Gasteiger charge is 2.30. The molecule has 23 heavy (non-hydrogen) atoms. The maximum Gasteiger partial charge on any atom is 0.315 e. The molecule has 0 spiro atoms. The van der Waals surface area contributed by atoms with Crippen molar-refractivity contribution in [2.75, 3.05) is 13.1 Å². The van der Waals surface area contributed by atoms with Crippen LogP contribution < -0.4 is 10.6 Å². The summed E-state index contributed by atoms with van der Waals surface area (Å²) in [6.07, 6.45) is 0.363. The number of hydrogen-bond acceptors (Lipinski definition) is 2. The van der Waals surface area contributed by atoms with Crippen molar-refractivity contribution < 1.29 is 9.59 Å². The molecule has 2 aromatic carbocycles. The van der Waals surface area contributed by atoms with Gasteiger partial charge in [0.25, 0.3) is 0 Å². The Morgan fingerprint density at radius 2 is 2.00 bits per heavy atom. The second-order valence-electron chi connectivity index (χ2n) is 5.82. The van der Waals surface area contributed by atoms with E-state index in [4.69, 9.17) is 0 Å². The Balaban J connectivity index is 1.70. The van der Waals surface area contributed by atoms with E-state index in [1.165, 1.54) is 10.8 Å². The summed E-state index contributed by atoms with van der Waals surface area (Å²) in [5, 5.41) is 7.89. The third-order valence-electron chi connectivity index (χ3n) is 4.13. The number of amides is 3. The molecule has 2 aromatic rings. The first-order valence-electron chi connectivity index (χ1n) is 7.96. The number of nitrogens with zero attached hydrogens (tertiary/aromatic N) is 1. The van der Waals surface area contributed by atoms with Gasteiger partial charge in [0, 0.05) is 26.1 Å². The molecule has 2 N–H and O–H groups in total. The molecule has 0 aliphatic carbocycles. The molecule has 1 aliphatic heterocycles. The Kier molecular flexibility index (Phi) is 4.46. The summed E-state index contributed by atoms with van der Waals surface area (Å²) in [5.74, 6) is 0.0831. The minimum atomic E-state index is -0.211. The van der Waals surface area contributed by atoms with Gasteiger partial charge in [-0.25, -0.2) is 4.79 Å². The van der Waals surface area contributed by atoms with E-state index < -0.39 is 0 Å². The van der Waals surface area contributed by atoms with Gasteiger partial charge in [-0.3, -0.25) is 4.79 Å². The molecule has 0 radical (unpaired) electrons. The highest BCUT2D eigenvalue weighted by Crippen LogP contribution is 2.22. The largest absolute Gasteiger partial charge is 0.338 e. The fourth-order valence-electron chi connectivity index (χ4n) is 3.05. The molecular formula is C18H21N3O2. The Hall–Kier alpha value is -2.56. The molecule has 0 bridgehead atoms. The standard InChI is InChI=1S/C18H21N3O2/c1-2-19-18(23)20-15-10-17(22)21(12-15)11-14-8-5-7-13-6-3-4-9-16(13)14/h3-9,15H,2,10-12H2,1H3,(H2,19,20,23)/t15-/m1/s1. The van der Waals surface area contributed by atoms with Crippen molar-refractivity contribution in [1.29, 1.82) is 0 Å². The zero-order valence-corrected chi connectivity index (χ0v) is 13.2. The second kappa shape index (κ2) is 6.69. The van der Waals surface area contributed by atoms with Gasteiger partial charge in [-0.05, 0) is 23.3 Å². The van der Waals surface area contributed by atoms with Crippen molar-refractivity contribution in [1.82, 2.24) is 15.5 Å². The first kappa shape index (κ1) is 15.3. The molecule has 0 aromatic heterocycles. The molecule has 1 atom stereocenters. The number of fused-ring (bicyclic) bond motifs is 1. The van der Waals surface area contributed by atoms with Gasteiger partial charge >= 0.3 is 6.03 Å². The molecule has 120 valence electrons. The summed E-state index contributed by atoms with van der Waals surface area (Å²) in [5.41, 5.74) is 1.13. The van der Waals surface area contributed by atoms with Gasteiger partial charge in [0.1, 0.15) is 0 Å². The molecule has 0 saturated carbocycles. The van der Waals surface area contributed by atoms with Crippen molar-refractivity contribution in [2.24, 2.45) is 0 Å². The topological polar surface area (TPSA) is 61.4 Å². The Morgan fingerprint density at radius 3 is 2.83 bits per heavy atom. The van der Waals surface area contributed by atoms with Gasteiger partial charge in [0.05, 0.1) is 6.04 Å². The summed E-state index contributed by atoms with van der Waals surface area (Å²) < 4.78 is 0. The van der Waals surface area contributed by atoms with E-state index in [0.717, 1.165) is 5.56 Å². The Labute approximate surface area is 135 Å². The SMILES string of the molecule is CCNC(=O)N[C@@H]1CC(=O)N(Cc2cccc3ccccc23)C1. The molecule has 1 aliphatic rings. The third-order valence-corrected chi connectivity index (χ3v) is 4.13. The number of nitrogens with one attached hydrogen (secondary N) is 2. The van der Waals surface area contributed by atoms with E-state index in [-0.39, 0.29) is 18.0 Å². The minimum absolute atomic E-state index is 0.0831. The van der Waals surface area contributed by atoms with Crippen LogP contribution in [0.3, 0.4) is 0 Å². The van der Waals surface area contributed by atoms with E-state index in [0.29, 0.717) is 26.1 Å². The van der Waals surface area contributed by atoms with Crippen LogP contribution >= 0.6 is 0 Å². The minimum Gasteiger partial charge on any atom is -0.338 e. The van der Waals surface area contributed by atoms with Gasteiger partial charge in [-0.1, -0.05) is 42.5 Å². The van der Waals surface area contributed by atoms with Crippen LogP contribution in [-0.2, 0) is 11.3 Å². The van der Waals surface area contributed by atoms with Gasteiger partial charge < -0.3 is 15.5 Å².